The van der Waals surface area contributed by atoms with E-state index in [1.165, 1.54) is 6.92 Å². The lowest BCUT2D eigenvalue weighted by Gasteiger charge is -2.25. The normalized spacial score (nSPS) is 17.6. The molecular weight excluding hydrogens is 468 g/mol. The SMILES string of the molecule is CC(=O)Nc1ccc2c(c1)CCC(CC(=O)O)O2.CCOOC(=O)CC1CCc2cc(N)ccc2O1. The predicted octanol–water partition coefficient (Wildman–Crippen LogP) is 3.66. The number of benzene rings is 2. The second kappa shape index (κ2) is 12.8. The van der Waals surface area contributed by atoms with Crippen molar-refractivity contribution < 1.29 is 38.7 Å². The number of amides is 1. The van der Waals surface area contributed by atoms with Gasteiger partial charge in [0, 0.05) is 18.3 Å². The molecule has 0 saturated heterocycles. The topological polar surface area (TPSA) is 146 Å². The first-order valence-electron chi connectivity index (χ1n) is 11.9. The number of carboxylic acid groups (broad SMARTS) is 1. The molecule has 4 N–H and O–H groups in total. The largest absolute Gasteiger partial charge is 0.490 e. The smallest absolute Gasteiger partial charge is 0.346 e. The summed E-state index contributed by atoms with van der Waals surface area (Å²) in [4.78, 5) is 42.1. The number of nitrogens with two attached hydrogens (primary N) is 1. The number of hydrogen-bond donors (Lipinski definition) is 3. The number of nitrogen functional groups attached to an aromatic ring is 1. The molecule has 4 rings (SSSR count). The summed E-state index contributed by atoms with van der Waals surface area (Å²) in [6, 6.07) is 10.9. The number of ether oxygens (including phenoxy) is 2. The highest BCUT2D eigenvalue weighted by molar-refractivity contribution is 5.88. The van der Waals surface area contributed by atoms with E-state index in [2.05, 4.69) is 15.1 Å². The fourth-order valence-electron chi connectivity index (χ4n) is 4.02. The van der Waals surface area contributed by atoms with Crippen LogP contribution in [-0.2, 0) is 37.0 Å². The van der Waals surface area contributed by atoms with Crippen LogP contribution in [0.2, 0.25) is 0 Å². The second-order valence-electron chi connectivity index (χ2n) is 8.59. The molecule has 2 unspecified atom stereocenters. The number of aryl methyl sites for hydroxylation is 2. The molecule has 1 amide bonds. The predicted molar refractivity (Wildman–Crippen MR) is 132 cm³/mol. The van der Waals surface area contributed by atoms with E-state index in [1.54, 1.807) is 25.1 Å². The Morgan fingerprint density at radius 1 is 1.00 bits per heavy atom. The van der Waals surface area contributed by atoms with Gasteiger partial charge >= 0.3 is 11.9 Å². The molecule has 0 radical (unpaired) electrons. The van der Waals surface area contributed by atoms with Crippen LogP contribution in [0.4, 0.5) is 11.4 Å². The Hall–Kier alpha value is -3.79. The minimum Gasteiger partial charge on any atom is -0.490 e. The standard InChI is InChI=1S/C13H15NO4.C13H17NO4/c1-8(15)14-10-3-5-12-9(6-10)2-4-11(18-12)7-13(16)17;1-2-16-18-13(15)8-11-5-3-9-7-10(14)4-6-12(9)17-11/h3,5-6,11H,2,4,7H2,1H3,(H,14,15)(H,16,17);4,6-7,11H,2-3,5,8,14H2,1H3. The van der Waals surface area contributed by atoms with Crippen molar-refractivity contribution in [1.82, 2.24) is 0 Å². The van der Waals surface area contributed by atoms with Gasteiger partial charge in [0.2, 0.25) is 5.91 Å². The first-order chi connectivity index (χ1) is 17.2. The summed E-state index contributed by atoms with van der Waals surface area (Å²) in [5.74, 6) is 0.140. The van der Waals surface area contributed by atoms with Gasteiger partial charge in [-0.05, 0) is 80.1 Å². The number of carboxylic acids is 1. The van der Waals surface area contributed by atoms with Gasteiger partial charge in [-0.15, -0.1) is 0 Å². The van der Waals surface area contributed by atoms with Gasteiger partial charge in [-0.2, -0.15) is 4.89 Å². The van der Waals surface area contributed by atoms with Gasteiger partial charge in [0.05, 0.1) is 19.4 Å². The van der Waals surface area contributed by atoms with Gasteiger partial charge in [0.25, 0.3) is 0 Å². The van der Waals surface area contributed by atoms with E-state index in [0.717, 1.165) is 47.5 Å². The molecule has 194 valence electrons. The first-order valence-corrected chi connectivity index (χ1v) is 11.9. The van der Waals surface area contributed by atoms with Gasteiger partial charge in [-0.1, -0.05) is 0 Å². The van der Waals surface area contributed by atoms with Crippen molar-refractivity contribution in [3.8, 4) is 11.5 Å². The van der Waals surface area contributed by atoms with Gasteiger partial charge in [-0.3, -0.25) is 14.5 Å². The van der Waals surface area contributed by atoms with Crippen LogP contribution in [0.5, 0.6) is 11.5 Å². The molecule has 2 heterocycles. The summed E-state index contributed by atoms with van der Waals surface area (Å²) in [7, 11) is 0. The van der Waals surface area contributed by atoms with Crippen LogP contribution >= 0.6 is 0 Å². The number of nitrogens with one attached hydrogen (secondary N) is 1. The van der Waals surface area contributed by atoms with Crippen LogP contribution in [0.25, 0.3) is 0 Å². The van der Waals surface area contributed by atoms with Gasteiger partial charge < -0.3 is 25.6 Å². The number of fused-ring (bicyclic) bond motifs is 2. The Labute approximate surface area is 209 Å². The number of rotatable bonds is 7. The molecule has 36 heavy (non-hydrogen) atoms. The zero-order valence-electron chi connectivity index (χ0n) is 20.5. The molecule has 0 aliphatic carbocycles. The molecule has 0 bridgehead atoms. The van der Waals surface area contributed by atoms with Gasteiger partial charge in [-0.25, -0.2) is 4.79 Å². The number of carbonyl (C=O) groups is 3. The molecule has 10 nitrogen and oxygen atoms in total. The lowest BCUT2D eigenvalue weighted by molar-refractivity contribution is -0.270. The maximum Gasteiger partial charge on any atom is 0.346 e. The molecule has 2 aromatic rings. The third kappa shape index (κ3) is 8.16. The average Bonchev–Trinajstić information content (AvgIpc) is 2.82. The van der Waals surface area contributed by atoms with Crippen LogP contribution in [0.1, 0.15) is 50.7 Å². The van der Waals surface area contributed by atoms with Crippen molar-refractivity contribution in [2.24, 2.45) is 0 Å². The molecule has 10 heteroatoms. The zero-order chi connectivity index (χ0) is 26.1. The Morgan fingerprint density at radius 3 is 2.22 bits per heavy atom. The Balaban J connectivity index is 0.000000201. The molecule has 0 fully saturated rings. The monoisotopic (exact) mass is 500 g/mol. The van der Waals surface area contributed by atoms with Crippen LogP contribution < -0.4 is 20.5 Å². The fraction of sp³-hybridized carbons (Fsp3) is 0.423. The lowest BCUT2D eigenvalue weighted by atomic mass is 10.00. The molecule has 2 atom stereocenters. The number of anilines is 2. The summed E-state index contributed by atoms with van der Waals surface area (Å²) in [6.45, 7) is 3.56. The van der Waals surface area contributed by atoms with Crippen LogP contribution in [0.3, 0.4) is 0 Å². The fourth-order valence-corrected chi connectivity index (χ4v) is 4.02. The van der Waals surface area contributed by atoms with Crippen molar-refractivity contribution in [2.45, 2.75) is 64.6 Å². The van der Waals surface area contributed by atoms with Gasteiger partial charge in [0.1, 0.15) is 23.7 Å². The molecular formula is C26H32N2O8. The summed E-state index contributed by atoms with van der Waals surface area (Å²) in [5, 5.41) is 11.4. The zero-order valence-corrected chi connectivity index (χ0v) is 20.5. The van der Waals surface area contributed by atoms with Crippen LogP contribution in [0, 0.1) is 0 Å². The molecule has 2 aromatic carbocycles. The van der Waals surface area contributed by atoms with Crippen LogP contribution in [0.15, 0.2) is 36.4 Å². The van der Waals surface area contributed by atoms with E-state index < -0.39 is 11.9 Å². The van der Waals surface area contributed by atoms with Crippen LogP contribution in [-0.4, -0.2) is 41.8 Å². The van der Waals surface area contributed by atoms with E-state index in [-0.39, 0.29) is 31.0 Å². The van der Waals surface area contributed by atoms with E-state index in [9.17, 15) is 14.4 Å². The lowest BCUT2D eigenvalue weighted by Crippen LogP contribution is -2.26. The number of hydrogen-bond acceptors (Lipinski definition) is 8. The van der Waals surface area contributed by atoms with Crippen molar-refractivity contribution in [3.63, 3.8) is 0 Å². The van der Waals surface area contributed by atoms with E-state index in [0.29, 0.717) is 18.8 Å². The van der Waals surface area contributed by atoms with Crippen molar-refractivity contribution >= 4 is 29.2 Å². The molecule has 0 aromatic heterocycles. The summed E-state index contributed by atoms with van der Waals surface area (Å²) in [6.07, 6.45) is 2.88. The third-order valence-corrected chi connectivity index (χ3v) is 5.59. The molecule has 0 saturated carbocycles. The maximum atomic E-state index is 11.4. The first kappa shape index (κ1) is 26.8. The summed E-state index contributed by atoms with van der Waals surface area (Å²) >= 11 is 0. The quantitative estimate of drug-likeness (QED) is 0.294. The van der Waals surface area contributed by atoms with E-state index >= 15 is 0 Å². The van der Waals surface area contributed by atoms with Crippen molar-refractivity contribution in [2.75, 3.05) is 17.7 Å². The Kier molecular flexibility index (Phi) is 9.52. The highest BCUT2D eigenvalue weighted by Crippen LogP contribution is 2.31. The number of carbonyl (C=O) groups excluding carboxylic acids is 2. The average molecular weight is 501 g/mol. The molecule has 0 spiro atoms. The maximum absolute atomic E-state index is 11.4. The third-order valence-electron chi connectivity index (χ3n) is 5.59. The minimum absolute atomic E-state index is 0.0207. The highest BCUT2D eigenvalue weighted by atomic mass is 17.2. The van der Waals surface area contributed by atoms with E-state index in [4.69, 9.17) is 20.3 Å². The van der Waals surface area contributed by atoms with Crippen molar-refractivity contribution in [1.29, 1.82) is 0 Å². The highest BCUT2D eigenvalue weighted by Gasteiger charge is 2.24. The van der Waals surface area contributed by atoms with Gasteiger partial charge in [0.15, 0.2) is 0 Å². The summed E-state index contributed by atoms with van der Waals surface area (Å²) < 4.78 is 11.3. The molecule has 2 aliphatic rings. The van der Waals surface area contributed by atoms with Crippen molar-refractivity contribution in [3.05, 3.63) is 47.5 Å². The summed E-state index contributed by atoms with van der Waals surface area (Å²) in [5.41, 5.74) is 9.26. The Bertz CT molecular complexity index is 1090. The molecule has 2 aliphatic heterocycles. The van der Waals surface area contributed by atoms with E-state index in [1.807, 2.05) is 18.2 Å². The minimum atomic E-state index is -0.849. The number of aliphatic carboxylic acids is 1. The Morgan fingerprint density at radius 2 is 1.61 bits per heavy atom. The second-order valence-corrected chi connectivity index (χ2v) is 8.59.